The van der Waals surface area contributed by atoms with E-state index < -0.39 is 0 Å². The summed E-state index contributed by atoms with van der Waals surface area (Å²) in [5, 5.41) is 4.73. The number of fused-ring (bicyclic) bond motifs is 1. The Morgan fingerprint density at radius 2 is 2.00 bits per heavy atom. The highest BCUT2D eigenvalue weighted by Crippen LogP contribution is 2.35. The molecule has 2 heterocycles. The molecular weight excluding hydrogens is 388 g/mol. The van der Waals surface area contributed by atoms with E-state index in [1.54, 1.807) is 7.11 Å². The van der Waals surface area contributed by atoms with Gasteiger partial charge < -0.3 is 18.8 Å². The molecular formula is C21H24N4O3S. The van der Waals surface area contributed by atoms with E-state index in [0.29, 0.717) is 18.0 Å². The van der Waals surface area contributed by atoms with Crippen molar-refractivity contribution in [1.29, 1.82) is 0 Å². The summed E-state index contributed by atoms with van der Waals surface area (Å²) in [7, 11) is 5.62. The van der Waals surface area contributed by atoms with Gasteiger partial charge in [-0.25, -0.2) is 4.68 Å². The summed E-state index contributed by atoms with van der Waals surface area (Å²) in [5.41, 5.74) is 1.16. The Labute approximate surface area is 175 Å². The first-order chi connectivity index (χ1) is 14.0. The molecule has 3 aromatic rings. The minimum Gasteiger partial charge on any atom is -0.497 e. The van der Waals surface area contributed by atoms with Crippen molar-refractivity contribution in [1.82, 2.24) is 19.2 Å². The fourth-order valence-electron chi connectivity index (χ4n) is 3.39. The van der Waals surface area contributed by atoms with E-state index in [2.05, 4.69) is 11.0 Å². The molecule has 2 aromatic carbocycles. The van der Waals surface area contributed by atoms with E-state index in [0.717, 1.165) is 35.2 Å². The summed E-state index contributed by atoms with van der Waals surface area (Å²) in [6.07, 6.45) is -0.304. The molecule has 0 saturated carbocycles. The van der Waals surface area contributed by atoms with Crippen LogP contribution in [0.25, 0.3) is 0 Å². The first-order valence-electron chi connectivity index (χ1n) is 9.39. The van der Waals surface area contributed by atoms with E-state index in [1.807, 2.05) is 65.8 Å². The summed E-state index contributed by atoms with van der Waals surface area (Å²) in [6.45, 7) is 1.71. The molecule has 1 aliphatic heterocycles. The van der Waals surface area contributed by atoms with Crippen LogP contribution in [0.1, 0.15) is 17.5 Å². The lowest BCUT2D eigenvalue weighted by atomic mass is 10.2. The van der Waals surface area contributed by atoms with Gasteiger partial charge in [-0.15, -0.1) is 0 Å². The van der Waals surface area contributed by atoms with Gasteiger partial charge in [-0.2, -0.15) is 5.10 Å². The topological polar surface area (TPSA) is 53.7 Å². The van der Waals surface area contributed by atoms with Crippen LogP contribution in [0.15, 0.2) is 48.5 Å². The van der Waals surface area contributed by atoms with Crippen LogP contribution in [0.3, 0.4) is 0 Å². The molecule has 29 heavy (non-hydrogen) atoms. The van der Waals surface area contributed by atoms with Gasteiger partial charge >= 0.3 is 0 Å². The molecule has 1 atom stereocenters. The van der Waals surface area contributed by atoms with Crippen molar-refractivity contribution in [2.75, 3.05) is 20.8 Å². The third kappa shape index (κ3) is 4.13. The maximum absolute atomic E-state index is 6.10. The van der Waals surface area contributed by atoms with Crippen LogP contribution >= 0.6 is 12.2 Å². The van der Waals surface area contributed by atoms with E-state index in [9.17, 15) is 0 Å². The first-order valence-corrected chi connectivity index (χ1v) is 9.79. The maximum atomic E-state index is 6.10. The summed E-state index contributed by atoms with van der Waals surface area (Å²) >= 11 is 5.60. The third-order valence-electron chi connectivity index (χ3n) is 4.83. The average molecular weight is 413 g/mol. The zero-order valence-electron chi connectivity index (χ0n) is 16.7. The highest BCUT2D eigenvalue weighted by atomic mass is 32.1. The van der Waals surface area contributed by atoms with Gasteiger partial charge in [0.2, 0.25) is 0 Å². The van der Waals surface area contributed by atoms with Crippen LogP contribution in [-0.4, -0.2) is 40.0 Å². The molecule has 0 amide bonds. The van der Waals surface area contributed by atoms with Crippen molar-refractivity contribution >= 4 is 12.2 Å². The van der Waals surface area contributed by atoms with Gasteiger partial charge in [0.25, 0.3) is 0 Å². The van der Waals surface area contributed by atoms with Crippen LogP contribution in [0.5, 0.6) is 17.2 Å². The van der Waals surface area contributed by atoms with Crippen molar-refractivity contribution in [3.8, 4) is 17.2 Å². The predicted octanol–water partition coefficient (Wildman–Crippen LogP) is 3.56. The van der Waals surface area contributed by atoms with Gasteiger partial charge in [-0.1, -0.05) is 24.3 Å². The lowest BCUT2D eigenvalue weighted by Gasteiger charge is -2.25. The Bertz CT molecular complexity index is 1060. The SMILES string of the molecule is COc1cccc(CN(C)Cn2nc(C3COc4ccccc4O3)n(C)c2=S)c1. The van der Waals surface area contributed by atoms with Gasteiger partial charge in [0.1, 0.15) is 12.4 Å². The van der Waals surface area contributed by atoms with Gasteiger partial charge in [-0.3, -0.25) is 4.90 Å². The Morgan fingerprint density at radius 3 is 2.79 bits per heavy atom. The van der Waals surface area contributed by atoms with Gasteiger partial charge in [0, 0.05) is 13.6 Å². The highest BCUT2D eigenvalue weighted by Gasteiger charge is 2.27. The summed E-state index contributed by atoms with van der Waals surface area (Å²) in [6, 6.07) is 15.7. The number of hydrogen-bond donors (Lipinski definition) is 0. The number of nitrogens with zero attached hydrogens (tertiary/aromatic N) is 4. The Hall–Kier alpha value is -2.84. The Kier molecular flexibility index (Phi) is 5.55. The highest BCUT2D eigenvalue weighted by molar-refractivity contribution is 7.71. The van der Waals surface area contributed by atoms with Crippen molar-refractivity contribution in [2.45, 2.75) is 19.3 Å². The fourth-order valence-corrected chi connectivity index (χ4v) is 3.58. The largest absolute Gasteiger partial charge is 0.497 e. The van der Waals surface area contributed by atoms with E-state index in [-0.39, 0.29) is 6.10 Å². The zero-order valence-corrected chi connectivity index (χ0v) is 17.6. The van der Waals surface area contributed by atoms with Gasteiger partial charge in [-0.05, 0) is 49.1 Å². The number of rotatable bonds is 6. The molecule has 0 bridgehead atoms. The van der Waals surface area contributed by atoms with Crippen LogP contribution in [-0.2, 0) is 20.3 Å². The normalized spacial score (nSPS) is 15.5. The molecule has 152 valence electrons. The smallest absolute Gasteiger partial charge is 0.198 e. The molecule has 1 aliphatic rings. The maximum Gasteiger partial charge on any atom is 0.198 e. The second kappa shape index (κ2) is 8.26. The van der Waals surface area contributed by atoms with Crippen molar-refractivity contribution in [3.05, 3.63) is 64.7 Å². The number of hydrogen-bond acceptors (Lipinski definition) is 6. The Balaban J connectivity index is 1.49. The molecule has 0 spiro atoms. The van der Waals surface area contributed by atoms with E-state index in [1.165, 1.54) is 0 Å². The summed E-state index contributed by atoms with van der Waals surface area (Å²) in [5.74, 6) is 3.07. The monoisotopic (exact) mass is 412 g/mol. The van der Waals surface area contributed by atoms with Crippen molar-refractivity contribution in [3.63, 3.8) is 0 Å². The molecule has 0 N–H and O–H groups in total. The molecule has 1 aromatic heterocycles. The van der Waals surface area contributed by atoms with Gasteiger partial charge in [0.15, 0.2) is 28.2 Å². The van der Waals surface area contributed by atoms with E-state index >= 15 is 0 Å². The lowest BCUT2D eigenvalue weighted by molar-refractivity contribution is 0.0821. The van der Waals surface area contributed by atoms with Crippen LogP contribution in [0.4, 0.5) is 0 Å². The predicted molar refractivity (Wildman–Crippen MR) is 112 cm³/mol. The lowest BCUT2D eigenvalue weighted by Crippen LogP contribution is -2.25. The number of methoxy groups -OCH3 is 1. The van der Waals surface area contributed by atoms with Crippen LogP contribution < -0.4 is 14.2 Å². The quantitative estimate of drug-likeness (QED) is 0.577. The van der Waals surface area contributed by atoms with Gasteiger partial charge in [0.05, 0.1) is 13.8 Å². The average Bonchev–Trinajstić information content (AvgIpc) is 3.02. The molecule has 1 unspecified atom stereocenters. The minimum atomic E-state index is -0.304. The van der Waals surface area contributed by atoms with E-state index in [4.69, 9.17) is 31.5 Å². The zero-order chi connectivity index (χ0) is 20.4. The van der Waals surface area contributed by atoms with Crippen LogP contribution in [0, 0.1) is 4.77 Å². The Morgan fingerprint density at radius 1 is 1.21 bits per heavy atom. The first kappa shape index (κ1) is 19.5. The molecule has 8 heteroatoms. The molecule has 0 saturated heterocycles. The third-order valence-corrected chi connectivity index (χ3v) is 5.32. The molecule has 4 rings (SSSR count). The van der Waals surface area contributed by atoms with Crippen molar-refractivity contribution < 1.29 is 14.2 Å². The number of benzene rings is 2. The molecule has 7 nitrogen and oxygen atoms in total. The summed E-state index contributed by atoms with van der Waals surface area (Å²) < 4.78 is 21.6. The van der Waals surface area contributed by atoms with Crippen molar-refractivity contribution in [2.24, 2.45) is 7.05 Å². The molecule has 0 radical (unpaired) electrons. The fraction of sp³-hybridized carbons (Fsp3) is 0.333. The standard InChI is InChI=1S/C21H24N4O3S/c1-23(12-15-7-6-8-16(11-15)26-3)14-25-21(29)24(2)20(22-25)19-13-27-17-9-4-5-10-18(17)28-19/h4-11,19H,12-14H2,1-3H3. The molecule has 0 fully saturated rings. The summed E-state index contributed by atoms with van der Waals surface area (Å²) in [4.78, 5) is 2.15. The molecule has 0 aliphatic carbocycles. The second-order valence-corrected chi connectivity index (χ2v) is 7.44. The minimum absolute atomic E-state index is 0.304. The van der Waals surface area contributed by atoms with Crippen LogP contribution in [0.2, 0.25) is 0 Å². The number of para-hydroxylation sites is 2. The second-order valence-electron chi connectivity index (χ2n) is 7.07. The number of ether oxygens (including phenoxy) is 3. The number of aromatic nitrogens is 3.